The second kappa shape index (κ2) is 14.8. The summed E-state index contributed by atoms with van der Waals surface area (Å²) in [5.74, 6) is 0. The number of unbranched alkanes of at least 4 members (excludes halogenated alkanes) is 3. The molecule has 0 heterocycles. The predicted octanol–water partition coefficient (Wildman–Crippen LogP) is 4.04. The number of phosphoric acid groups is 1. The predicted molar refractivity (Wildman–Crippen MR) is 104 cm³/mol. The fourth-order valence-electron chi connectivity index (χ4n) is 2.56. The molecule has 0 amide bonds. The standard InChI is InChI=1S/C16H37NP.H3O4P/c1-6-9-13-18(14-10-7-2,15-11-8-3)16-12-17(4)5;1-5(2,3)4/h6-16H2,1-5H3;(H3,1,2,3,4)/q+1;. The third kappa shape index (κ3) is 20.5. The first kappa shape index (κ1) is 25.7. The Bertz CT molecular complexity index is 278. The van der Waals surface area contributed by atoms with E-state index < -0.39 is 15.1 Å². The number of hydrogen-bond acceptors (Lipinski definition) is 2. The van der Waals surface area contributed by atoms with Gasteiger partial charge in [0.1, 0.15) is 0 Å². The monoisotopic (exact) mass is 372 g/mol. The van der Waals surface area contributed by atoms with Gasteiger partial charge in [0.25, 0.3) is 0 Å². The van der Waals surface area contributed by atoms with E-state index in [4.69, 9.17) is 19.2 Å². The Kier molecular flexibility index (Phi) is 16.6. The van der Waals surface area contributed by atoms with E-state index in [1.807, 2.05) is 0 Å². The minimum absolute atomic E-state index is 0.641. The quantitative estimate of drug-likeness (QED) is 0.451. The van der Waals surface area contributed by atoms with Crippen LogP contribution in [0.25, 0.3) is 0 Å². The highest BCUT2D eigenvalue weighted by atomic mass is 31.2. The molecule has 0 saturated heterocycles. The van der Waals surface area contributed by atoms with Gasteiger partial charge in [-0.25, -0.2) is 4.57 Å². The molecule has 0 unspecified atom stereocenters. The zero-order valence-corrected chi connectivity index (χ0v) is 17.7. The molecule has 0 radical (unpaired) electrons. The molecule has 0 spiro atoms. The van der Waals surface area contributed by atoms with Gasteiger partial charge in [-0.05, 0) is 33.4 Å². The lowest BCUT2D eigenvalue weighted by Gasteiger charge is -2.29. The maximum atomic E-state index is 8.88. The van der Waals surface area contributed by atoms with E-state index in [-0.39, 0.29) is 0 Å². The van der Waals surface area contributed by atoms with Gasteiger partial charge in [0.05, 0.1) is 24.6 Å². The summed E-state index contributed by atoms with van der Waals surface area (Å²) in [4.78, 5) is 23.9. The van der Waals surface area contributed by atoms with Gasteiger partial charge in [-0.2, -0.15) is 0 Å². The topological polar surface area (TPSA) is 81.0 Å². The van der Waals surface area contributed by atoms with Gasteiger partial charge in [0.2, 0.25) is 0 Å². The Morgan fingerprint density at radius 2 is 1.09 bits per heavy atom. The number of hydrogen-bond donors (Lipinski definition) is 3. The zero-order valence-electron chi connectivity index (χ0n) is 15.9. The van der Waals surface area contributed by atoms with Crippen molar-refractivity contribution in [3.05, 3.63) is 0 Å². The second-order valence-electron chi connectivity index (χ2n) is 6.61. The van der Waals surface area contributed by atoms with Crippen molar-refractivity contribution in [3.63, 3.8) is 0 Å². The van der Waals surface area contributed by atoms with E-state index >= 15 is 0 Å². The summed E-state index contributed by atoms with van der Waals surface area (Å²) in [6, 6.07) is 0. The highest BCUT2D eigenvalue weighted by Gasteiger charge is 2.34. The minimum Gasteiger partial charge on any atom is -0.306 e. The minimum atomic E-state index is -4.64. The molecule has 0 aromatic carbocycles. The molecular weight excluding hydrogens is 332 g/mol. The van der Waals surface area contributed by atoms with Gasteiger partial charge in [-0.1, -0.05) is 40.0 Å². The molecule has 0 fully saturated rings. The molecule has 0 aliphatic rings. The Morgan fingerprint density at radius 3 is 1.30 bits per heavy atom. The Morgan fingerprint density at radius 1 is 0.783 bits per heavy atom. The fraction of sp³-hybridized carbons (Fsp3) is 1.00. The lowest BCUT2D eigenvalue weighted by molar-refractivity contribution is 0.275. The molecule has 0 bridgehead atoms. The van der Waals surface area contributed by atoms with Crippen molar-refractivity contribution < 1.29 is 19.2 Å². The molecule has 142 valence electrons. The van der Waals surface area contributed by atoms with E-state index in [0.717, 1.165) is 0 Å². The number of rotatable bonds is 12. The highest BCUT2D eigenvalue weighted by molar-refractivity contribution is 7.75. The molecular formula is C16H40NO4P2+. The smallest absolute Gasteiger partial charge is 0.306 e. The van der Waals surface area contributed by atoms with E-state index in [1.165, 1.54) is 51.2 Å². The summed E-state index contributed by atoms with van der Waals surface area (Å²) in [7, 11) is -0.820. The van der Waals surface area contributed by atoms with Crippen LogP contribution in [0.3, 0.4) is 0 Å². The maximum Gasteiger partial charge on any atom is 0.466 e. The van der Waals surface area contributed by atoms with Crippen molar-refractivity contribution in [2.24, 2.45) is 0 Å². The van der Waals surface area contributed by atoms with Gasteiger partial charge >= 0.3 is 7.82 Å². The second-order valence-corrected chi connectivity index (χ2v) is 12.1. The van der Waals surface area contributed by atoms with Gasteiger partial charge < -0.3 is 19.6 Å². The van der Waals surface area contributed by atoms with Crippen LogP contribution in [0, 0.1) is 0 Å². The van der Waals surface area contributed by atoms with Crippen LogP contribution in [0.1, 0.15) is 59.3 Å². The van der Waals surface area contributed by atoms with Gasteiger partial charge in [-0.3, -0.25) is 0 Å². The van der Waals surface area contributed by atoms with Gasteiger partial charge in [-0.15, -0.1) is 0 Å². The first-order chi connectivity index (χ1) is 10.6. The Hall–Kier alpha value is 0.500. The lowest BCUT2D eigenvalue weighted by atomic mass is 10.4. The van der Waals surface area contributed by atoms with Crippen LogP contribution in [-0.2, 0) is 4.57 Å². The third-order valence-electron chi connectivity index (χ3n) is 3.98. The highest BCUT2D eigenvalue weighted by Crippen LogP contribution is 2.60. The SMILES string of the molecule is CCCC[P+](CCCC)(CCCC)CCN(C)C.O=P(O)(O)O. The summed E-state index contributed by atoms with van der Waals surface area (Å²) < 4.78 is 8.88. The van der Waals surface area contributed by atoms with Crippen molar-refractivity contribution in [1.82, 2.24) is 4.90 Å². The first-order valence-electron chi connectivity index (χ1n) is 8.88. The first-order valence-corrected chi connectivity index (χ1v) is 13.0. The number of nitrogens with zero attached hydrogens (tertiary/aromatic N) is 1. The van der Waals surface area contributed by atoms with Crippen molar-refractivity contribution in [1.29, 1.82) is 0 Å². The molecule has 0 atom stereocenters. The zero-order chi connectivity index (χ0) is 18.4. The average Bonchev–Trinajstić information content (AvgIpc) is 2.44. The molecule has 3 N–H and O–H groups in total. The molecule has 7 heteroatoms. The average molecular weight is 372 g/mol. The fourth-order valence-corrected chi connectivity index (χ4v) is 7.69. The van der Waals surface area contributed by atoms with Crippen molar-refractivity contribution in [2.75, 3.05) is 45.3 Å². The van der Waals surface area contributed by atoms with E-state index in [9.17, 15) is 0 Å². The molecule has 0 aromatic heterocycles. The molecule has 5 nitrogen and oxygen atoms in total. The summed E-state index contributed by atoms with van der Waals surface area (Å²) in [5, 5.41) is 0. The van der Waals surface area contributed by atoms with Crippen LogP contribution in [0.4, 0.5) is 0 Å². The van der Waals surface area contributed by atoms with Crippen LogP contribution in [-0.4, -0.2) is 64.9 Å². The van der Waals surface area contributed by atoms with Crippen LogP contribution >= 0.6 is 15.1 Å². The van der Waals surface area contributed by atoms with Crippen LogP contribution in [0.15, 0.2) is 0 Å². The van der Waals surface area contributed by atoms with Crippen molar-refractivity contribution in [3.8, 4) is 0 Å². The lowest BCUT2D eigenvalue weighted by Crippen LogP contribution is -2.22. The molecule has 0 saturated carbocycles. The van der Waals surface area contributed by atoms with Gasteiger partial charge in [0, 0.05) is 13.8 Å². The molecule has 0 rings (SSSR count). The summed E-state index contributed by atoms with van der Waals surface area (Å²) in [6.45, 7) is 8.35. The third-order valence-corrected chi connectivity index (χ3v) is 8.92. The summed E-state index contributed by atoms with van der Waals surface area (Å²) in [5.41, 5.74) is 0. The summed E-state index contributed by atoms with van der Waals surface area (Å²) in [6.07, 6.45) is 14.7. The van der Waals surface area contributed by atoms with E-state index in [2.05, 4.69) is 39.8 Å². The van der Waals surface area contributed by atoms with Crippen molar-refractivity contribution >= 4 is 15.1 Å². The molecule has 0 aliphatic heterocycles. The maximum absolute atomic E-state index is 8.88. The van der Waals surface area contributed by atoms with E-state index in [0.29, 0.717) is 0 Å². The van der Waals surface area contributed by atoms with Crippen molar-refractivity contribution in [2.45, 2.75) is 59.3 Å². The van der Waals surface area contributed by atoms with Crippen LogP contribution in [0.5, 0.6) is 0 Å². The van der Waals surface area contributed by atoms with Gasteiger partial charge in [0.15, 0.2) is 0 Å². The Balaban J connectivity index is 0. The van der Waals surface area contributed by atoms with Crippen LogP contribution in [0.2, 0.25) is 0 Å². The Labute approximate surface area is 144 Å². The summed E-state index contributed by atoms with van der Waals surface area (Å²) >= 11 is 0. The van der Waals surface area contributed by atoms with E-state index in [1.54, 1.807) is 18.5 Å². The normalized spacial score (nSPS) is 12.2. The van der Waals surface area contributed by atoms with Crippen LogP contribution < -0.4 is 0 Å². The largest absolute Gasteiger partial charge is 0.466 e. The molecule has 23 heavy (non-hydrogen) atoms. The molecule has 0 aromatic rings. The molecule has 0 aliphatic carbocycles.